The first kappa shape index (κ1) is 24.0. The van der Waals surface area contributed by atoms with Crippen LogP contribution in [0.5, 0.6) is 0 Å². The van der Waals surface area contributed by atoms with Crippen LogP contribution in [0.2, 0.25) is 0 Å². The molecule has 2 heteroatoms. The minimum atomic E-state index is 0. The zero-order valence-corrected chi connectivity index (χ0v) is 15.8. The lowest BCUT2D eigenvalue weighted by atomic mass is 10.1. The average Bonchev–Trinajstić information content (AvgIpc) is 2.50. The SMILES string of the molecule is CCCCCC=CCC=CCCCCCCCCCC[NH3+].[Cl-]. The van der Waals surface area contributed by atoms with Crippen molar-refractivity contribution in [2.75, 3.05) is 6.54 Å². The van der Waals surface area contributed by atoms with Gasteiger partial charge < -0.3 is 18.1 Å². The van der Waals surface area contributed by atoms with Gasteiger partial charge in [-0.3, -0.25) is 0 Å². The van der Waals surface area contributed by atoms with E-state index in [1.807, 2.05) is 0 Å². The summed E-state index contributed by atoms with van der Waals surface area (Å²) in [6, 6.07) is 0. The molecule has 0 bridgehead atoms. The third-order valence-corrected chi connectivity index (χ3v) is 3.95. The van der Waals surface area contributed by atoms with Gasteiger partial charge in [0.25, 0.3) is 0 Å². The number of quaternary nitrogens is 1. The Labute approximate surface area is 146 Å². The molecule has 0 atom stereocenters. The molecule has 3 N–H and O–H groups in total. The number of hydrogen-bond acceptors (Lipinski definition) is 0. The maximum absolute atomic E-state index is 3.89. The molecular formula is C20H40ClN. The minimum Gasteiger partial charge on any atom is -1.00 e. The van der Waals surface area contributed by atoms with E-state index in [1.54, 1.807) is 0 Å². The van der Waals surface area contributed by atoms with Gasteiger partial charge in [0.15, 0.2) is 0 Å². The van der Waals surface area contributed by atoms with Crippen molar-refractivity contribution in [1.82, 2.24) is 0 Å². The van der Waals surface area contributed by atoms with Crippen molar-refractivity contribution >= 4 is 0 Å². The van der Waals surface area contributed by atoms with Crippen molar-refractivity contribution in [3.05, 3.63) is 24.3 Å². The number of unbranched alkanes of at least 4 members (excludes halogenated alkanes) is 11. The van der Waals surface area contributed by atoms with Crippen molar-refractivity contribution in [2.45, 2.75) is 96.8 Å². The van der Waals surface area contributed by atoms with Crippen LogP contribution in [-0.2, 0) is 0 Å². The predicted octanol–water partition coefficient (Wildman–Crippen LogP) is 2.83. The van der Waals surface area contributed by atoms with Crippen LogP contribution in [-0.4, -0.2) is 6.54 Å². The highest BCUT2D eigenvalue weighted by Crippen LogP contribution is 2.09. The van der Waals surface area contributed by atoms with Crippen LogP contribution in [0.1, 0.15) is 96.8 Å². The predicted molar refractivity (Wildman–Crippen MR) is 96.3 cm³/mol. The number of halogens is 1. The molecule has 0 radical (unpaired) electrons. The van der Waals surface area contributed by atoms with Crippen LogP contribution in [0, 0.1) is 0 Å². The zero-order valence-electron chi connectivity index (χ0n) is 15.0. The fraction of sp³-hybridized carbons (Fsp3) is 0.800. The Kier molecular flexibility index (Phi) is 25.1. The van der Waals surface area contributed by atoms with Crippen LogP contribution in [0.25, 0.3) is 0 Å². The summed E-state index contributed by atoms with van der Waals surface area (Å²) in [7, 11) is 0. The monoisotopic (exact) mass is 329 g/mol. The number of hydrogen-bond donors (Lipinski definition) is 1. The van der Waals surface area contributed by atoms with Gasteiger partial charge in [-0.05, 0) is 44.9 Å². The summed E-state index contributed by atoms with van der Waals surface area (Å²) >= 11 is 0. The van der Waals surface area contributed by atoms with Crippen molar-refractivity contribution in [3.8, 4) is 0 Å². The van der Waals surface area contributed by atoms with Gasteiger partial charge in [-0.1, -0.05) is 76.2 Å². The van der Waals surface area contributed by atoms with Gasteiger partial charge in [0.2, 0.25) is 0 Å². The van der Waals surface area contributed by atoms with E-state index < -0.39 is 0 Å². The highest BCUT2D eigenvalue weighted by Gasteiger charge is 1.91. The summed E-state index contributed by atoms with van der Waals surface area (Å²) < 4.78 is 0. The second kappa shape index (κ2) is 23.0. The lowest BCUT2D eigenvalue weighted by Crippen LogP contribution is -3.00. The fourth-order valence-electron chi connectivity index (χ4n) is 2.52. The Hall–Kier alpha value is -0.270. The second-order valence-electron chi connectivity index (χ2n) is 6.14. The van der Waals surface area contributed by atoms with Crippen molar-refractivity contribution < 1.29 is 18.1 Å². The molecule has 0 aliphatic carbocycles. The standard InChI is InChI=1S/C20H39N.ClH/c1-2-3-4-5-6-7-8-9-10-11-12-13-14-15-16-17-18-19-20-21;/h6-7,9-10H,2-5,8,11-21H2,1H3;1H. The summed E-state index contributed by atoms with van der Waals surface area (Å²) in [6.45, 7) is 3.37. The fourth-order valence-corrected chi connectivity index (χ4v) is 2.52. The van der Waals surface area contributed by atoms with Gasteiger partial charge in [0.05, 0.1) is 6.54 Å². The molecule has 0 amide bonds. The van der Waals surface area contributed by atoms with Crippen LogP contribution in [0.15, 0.2) is 24.3 Å². The number of rotatable bonds is 16. The molecule has 0 heterocycles. The van der Waals surface area contributed by atoms with Crippen LogP contribution < -0.4 is 18.1 Å². The molecule has 0 aliphatic heterocycles. The average molecular weight is 330 g/mol. The third kappa shape index (κ3) is 22.0. The maximum Gasteiger partial charge on any atom is 0.0739 e. The van der Waals surface area contributed by atoms with Crippen LogP contribution in [0.4, 0.5) is 0 Å². The van der Waals surface area contributed by atoms with E-state index in [1.165, 1.54) is 83.5 Å². The van der Waals surface area contributed by atoms with Crippen molar-refractivity contribution in [2.24, 2.45) is 0 Å². The summed E-state index contributed by atoms with van der Waals surface area (Å²) in [4.78, 5) is 0. The van der Waals surface area contributed by atoms with E-state index >= 15 is 0 Å². The minimum absolute atomic E-state index is 0. The van der Waals surface area contributed by atoms with Crippen molar-refractivity contribution in [1.29, 1.82) is 0 Å². The summed E-state index contributed by atoms with van der Waals surface area (Å²) in [5.74, 6) is 0. The molecular weight excluding hydrogens is 290 g/mol. The summed E-state index contributed by atoms with van der Waals surface area (Å²) in [5.41, 5.74) is 3.89. The largest absolute Gasteiger partial charge is 1.00 e. The molecule has 0 saturated heterocycles. The molecule has 0 spiro atoms. The van der Waals surface area contributed by atoms with E-state index in [0.29, 0.717) is 0 Å². The Bertz CT molecular complexity index is 236. The molecule has 1 nitrogen and oxygen atoms in total. The van der Waals surface area contributed by atoms with Gasteiger partial charge in [-0.25, -0.2) is 0 Å². The first-order valence-electron chi connectivity index (χ1n) is 9.51. The number of allylic oxidation sites excluding steroid dienone is 4. The van der Waals surface area contributed by atoms with E-state index in [0.717, 1.165) is 13.0 Å². The smallest absolute Gasteiger partial charge is 0.0739 e. The summed E-state index contributed by atoms with van der Waals surface area (Å²) in [6.07, 6.45) is 28.2. The molecule has 0 rings (SSSR count). The van der Waals surface area contributed by atoms with Crippen molar-refractivity contribution in [3.63, 3.8) is 0 Å². The van der Waals surface area contributed by atoms with Gasteiger partial charge in [0.1, 0.15) is 0 Å². The molecule has 0 aromatic heterocycles. The van der Waals surface area contributed by atoms with E-state index in [9.17, 15) is 0 Å². The molecule has 0 saturated carbocycles. The quantitative estimate of drug-likeness (QED) is 0.333. The Balaban J connectivity index is 0. The van der Waals surface area contributed by atoms with Crippen LogP contribution in [0.3, 0.4) is 0 Å². The first-order chi connectivity index (χ1) is 10.4. The van der Waals surface area contributed by atoms with Gasteiger partial charge in [-0.2, -0.15) is 0 Å². The lowest BCUT2D eigenvalue weighted by molar-refractivity contribution is -0.368. The highest BCUT2D eigenvalue weighted by atomic mass is 35.5. The van der Waals surface area contributed by atoms with Gasteiger partial charge in [-0.15, -0.1) is 0 Å². The molecule has 0 aromatic rings. The molecule has 0 aliphatic rings. The van der Waals surface area contributed by atoms with E-state index in [2.05, 4.69) is 37.0 Å². The Morgan fingerprint density at radius 3 is 1.55 bits per heavy atom. The molecule has 22 heavy (non-hydrogen) atoms. The molecule has 0 unspecified atom stereocenters. The van der Waals surface area contributed by atoms with E-state index in [-0.39, 0.29) is 12.4 Å². The Morgan fingerprint density at radius 2 is 1.05 bits per heavy atom. The summed E-state index contributed by atoms with van der Waals surface area (Å²) in [5, 5.41) is 0. The molecule has 0 aromatic carbocycles. The molecule has 132 valence electrons. The van der Waals surface area contributed by atoms with E-state index in [4.69, 9.17) is 0 Å². The van der Waals surface area contributed by atoms with Gasteiger partial charge >= 0.3 is 0 Å². The Morgan fingerprint density at radius 1 is 0.591 bits per heavy atom. The lowest BCUT2D eigenvalue weighted by Gasteiger charge is -2.00. The topological polar surface area (TPSA) is 27.6 Å². The zero-order chi connectivity index (χ0) is 15.4. The van der Waals surface area contributed by atoms with Gasteiger partial charge in [0, 0.05) is 0 Å². The highest BCUT2D eigenvalue weighted by molar-refractivity contribution is 4.92. The second-order valence-corrected chi connectivity index (χ2v) is 6.14. The van der Waals surface area contributed by atoms with Crippen LogP contribution >= 0.6 is 0 Å². The molecule has 0 fully saturated rings. The third-order valence-electron chi connectivity index (χ3n) is 3.95. The normalized spacial score (nSPS) is 11.4. The first-order valence-corrected chi connectivity index (χ1v) is 9.51. The maximum atomic E-state index is 3.89.